The fourth-order valence-electron chi connectivity index (χ4n) is 5.30. The van der Waals surface area contributed by atoms with Gasteiger partial charge >= 0.3 is 5.97 Å². The van der Waals surface area contributed by atoms with Crippen LogP contribution in [0.1, 0.15) is 66.8 Å². The summed E-state index contributed by atoms with van der Waals surface area (Å²) in [6.45, 7) is 0.382. The molecule has 0 bridgehead atoms. The lowest BCUT2D eigenvalue weighted by Crippen LogP contribution is -2.31. The number of aliphatic hydroxyl groups excluding tert-OH is 1. The lowest BCUT2D eigenvalue weighted by atomic mass is 9.97. The number of nitrogens with zero attached hydrogens (tertiary/aromatic N) is 2. The normalized spacial score (nSPS) is 18.0. The van der Waals surface area contributed by atoms with E-state index in [2.05, 4.69) is 10.3 Å². The monoisotopic (exact) mass is 629 g/mol. The molecule has 3 atom stereocenters. The van der Waals surface area contributed by atoms with Gasteiger partial charge in [-0.2, -0.15) is 0 Å². The Morgan fingerprint density at radius 1 is 0.978 bits per heavy atom. The lowest BCUT2D eigenvalue weighted by molar-refractivity contribution is -0.245. The Labute approximate surface area is 267 Å². The van der Waals surface area contributed by atoms with E-state index >= 15 is 0 Å². The van der Waals surface area contributed by atoms with Crippen LogP contribution in [0.2, 0.25) is 0 Å². The molecule has 0 radical (unpaired) electrons. The number of aliphatic carboxylic acids is 1. The molecule has 236 valence electrons. The number of aromatic nitrogens is 2. The number of hydrogen-bond acceptors (Lipinski definition) is 7. The second-order valence-electron chi connectivity index (χ2n) is 11.1. The lowest BCUT2D eigenvalue weighted by Gasteiger charge is -2.36. The fourth-order valence-corrected chi connectivity index (χ4v) is 6.25. The first-order valence-corrected chi connectivity index (χ1v) is 16.2. The molecule has 5 rings (SSSR count). The standard InChI is InChI=1S/C35H39N3O6S/c1-38-19-18-36-35(38)45-23-29-20-31(26-12-10-24(22-39)11-13-26)44-34(43-29)27-16-14-25(15-17-27)30-7-3-2-6-28(30)21-37-32(40)8-4-5-9-33(41)42/h2-3,6-7,10-19,29,31,34,39H,4-5,8-9,20-23H2,1H3,(H,37,40)(H,41,42)/t29-,31+,34+/m0/s1. The number of carboxylic acid groups (broad SMARTS) is 1. The molecular weight excluding hydrogens is 590 g/mol. The van der Waals surface area contributed by atoms with Crippen molar-refractivity contribution in [2.45, 2.75) is 68.9 Å². The van der Waals surface area contributed by atoms with Gasteiger partial charge in [-0.05, 0) is 40.7 Å². The Kier molecular flexibility index (Phi) is 11.4. The van der Waals surface area contributed by atoms with Crippen molar-refractivity contribution in [2.24, 2.45) is 7.05 Å². The van der Waals surface area contributed by atoms with Crippen LogP contribution in [0.15, 0.2) is 90.3 Å². The summed E-state index contributed by atoms with van der Waals surface area (Å²) in [6, 6.07) is 24.0. The number of benzene rings is 3. The smallest absolute Gasteiger partial charge is 0.303 e. The van der Waals surface area contributed by atoms with Gasteiger partial charge in [0.1, 0.15) is 0 Å². The second-order valence-corrected chi connectivity index (χ2v) is 12.1. The second kappa shape index (κ2) is 15.9. The van der Waals surface area contributed by atoms with Crippen LogP contribution in [0.25, 0.3) is 11.1 Å². The number of imidazole rings is 1. The number of unbranched alkanes of at least 4 members (excludes halogenated alkanes) is 1. The molecule has 1 amide bonds. The van der Waals surface area contributed by atoms with Gasteiger partial charge < -0.3 is 29.6 Å². The van der Waals surface area contributed by atoms with Crippen molar-refractivity contribution in [3.63, 3.8) is 0 Å². The molecule has 1 aromatic heterocycles. The molecule has 0 aliphatic carbocycles. The average Bonchev–Trinajstić information content (AvgIpc) is 3.49. The van der Waals surface area contributed by atoms with E-state index in [1.807, 2.05) is 90.6 Å². The van der Waals surface area contributed by atoms with Crippen LogP contribution < -0.4 is 5.32 Å². The number of carbonyl (C=O) groups is 2. The van der Waals surface area contributed by atoms with Crippen molar-refractivity contribution in [3.05, 3.63) is 107 Å². The molecule has 0 saturated carbocycles. The highest BCUT2D eigenvalue weighted by molar-refractivity contribution is 7.99. The fraction of sp³-hybridized carbons (Fsp3) is 0.343. The van der Waals surface area contributed by atoms with Crippen molar-refractivity contribution < 1.29 is 29.3 Å². The molecule has 1 saturated heterocycles. The van der Waals surface area contributed by atoms with E-state index in [-0.39, 0.29) is 31.1 Å². The first-order valence-electron chi connectivity index (χ1n) is 15.2. The Balaban J connectivity index is 1.27. The van der Waals surface area contributed by atoms with Gasteiger partial charge in [0.15, 0.2) is 11.4 Å². The summed E-state index contributed by atoms with van der Waals surface area (Å²) in [5.41, 5.74) is 5.84. The van der Waals surface area contributed by atoms with Crippen molar-refractivity contribution in [3.8, 4) is 11.1 Å². The third-order valence-corrected chi connectivity index (χ3v) is 9.01. The highest BCUT2D eigenvalue weighted by atomic mass is 32.2. The maximum Gasteiger partial charge on any atom is 0.303 e. The molecule has 0 unspecified atom stereocenters. The predicted molar refractivity (Wildman–Crippen MR) is 172 cm³/mol. The van der Waals surface area contributed by atoms with E-state index in [4.69, 9.17) is 14.6 Å². The van der Waals surface area contributed by atoms with E-state index in [9.17, 15) is 14.7 Å². The van der Waals surface area contributed by atoms with Crippen LogP contribution in [-0.2, 0) is 39.3 Å². The van der Waals surface area contributed by atoms with E-state index < -0.39 is 12.3 Å². The van der Waals surface area contributed by atoms with Gasteiger partial charge in [0.05, 0.1) is 18.8 Å². The summed E-state index contributed by atoms with van der Waals surface area (Å²) in [6.07, 6.45) is 5.04. The number of aryl methyl sites for hydroxylation is 1. The minimum absolute atomic E-state index is 0.00306. The number of rotatable bonds is 14. The molecule has 1 aliphatic rings. The highest BCUT2D eigenvalue weighted by Crippen LogP contribution is 2.40. The van der Waals surface area contributed by atoms with Gasteiger partial charge in [-0.3, -0.25) is 9.59 Å². The van der Waals surface area contributed by atoms with E-state index in [0.29, 0.717) is 32.2 Å². The third-order valence-electron chi connectivity index (χ3n) is 7.82. The van der Waals surface area contributed by atoms with Crippen LogP contribution in [-0.4, -0.2) is 43.5 Å². The van der Waals surface area contributed by atoms with Gasteiger partial charge in [0.2, 0.25) is 5.91 Å². The summed E-state index contributed by atoms with van der Waals surface area (Å²) in [7, 11) is 1.98. The van der Waals surface area contributed by atoms with Crippen molar-refractivity contribution >= 4 is 23.6 Å². The topological polar surface area (TPSA) is 123 Å². The zero-order valence-corrected chi connectivity index (χ0v) is 26.1. The average molecular weight is 630 g/mol. The Hall–Kier alpha value is -3.96. The minimum atomic E-state index is -0.843. The summed E-state index contributed by atoms with van der Waals surface area (Å²) >= 11 is 1.66. The predicted octanol–water partition coefficient (Wildman–Crippen LogP) is 6.18. The zero-order chi connectivity index (χ0) is 31.6. The van der Waals surface area contributed by atoms with Crippen molar-refractivity contribution in [1.29, 1.82) is 0 Å². The van der Waals surface area contributed by atoms with Gasteiger partial charge in [-0.15, -0.1) is 0 Å². The number of carbonyl (C=O) groups excluding carboxylic acids is 1. The van der Waals surface area contributed by atoms with Crippen LogP contribution >= 0.6 is 11.8 Å². The molecule has 4 aromatic rings. The number of hydrogen-bond donors (Lipinski definition) is 3. The number of ether oxygens (including phenoxy) is 2. The number of nitrogens with one attached hydrogen (secondary N) is 1. The van der Waals surface area contributed by atoms with Crippen LogP contribution in [0.4, 0.5) is 0 Å². The summed E-state index contributed by atoms with van der Waals surface area (Å²) in [5.74, 6) is -0.204. The Bertz CT molecular complexity index is 1560. The largest absolute Gasteiger partial charge is 0.481 e. The maximum absolute atomic E-state index is 12.3. The summed E-state index contributed by atoms with van der Waals surface area (Å²) in [5, 5.41) is 22.2. The van der Waals surface area contributed by atoms with E-state index in [1.165, 1.54) is 0 Å². The number of amides is 1. The molecule has 45 heavy (non-hydrogen) atoms. The van der Waals surface area contributed by atoms with Gasteiger partial charge in [0, 0.05) is 56.6 Å². The molecule has 0 spiro atoms. The van der Waals surface area contributed by atoms with Crippen molar-refractivity contribution in [1.82, 2.24) is 14.9 Å². The quantitative estimate of drug-likeness (QED) is 0.112. The maximum atomic E-state index is 12.3. The van der Waals surface area contributed by atoms with Gasteiger partial charge in [0.25, 0.3) is 0 Å². The summed E-state index contributed by atoms with van der Waals surface area (Å²) < 4.78 is 15.0. The molecule has 1 fully saturated rings. The van der Waals surface area contributed by atoms with E-state index in [0.717, 1.165) is 44.3 Å². The highest BCUT2D eigenvalue weighted by Gasteiger charge is 2.32. The first-order chi connectivity index (χ1) is 21.9. The Morgan fingerprint density at radius 3 is 2.42 bits per heavy atom. The zero-order valence-electron chi connectivity index (χ0n) is 25.3. The number of thioether (sulfide) groups is 1. The molecule has 9 nitrogen and oxygen atoms in total. The molecule has 3 aromatic carbocycles. The molecule has 10 heteroatoms. The minimum Gasteiger partial charge on any atom is -0.481 e. The molecular formula is C35H39N3O6S. The third kappa shape index (κ3) is 9.04. The first kappa shape index (κ1) is 32.4. The summed E-state index contributed by atoms with van der Waals surface area (Å²) in [4.78, 5) is 27.5. The van der Waals surface area contributed by atoms with Crippen LogP contribution in [0.5, 0.6) is 0 Å². The van der Waals surface area contributed by atoms with Crippen LogP contribution in [0.3, 0.4) is 0 Å². The van der Waals surface area contributed by atoms with E-state index in [1.54, 1.807) is 18.0 Å². The Morgan fingerprint density at radius 2 is 1.71 bits per heavy atom. The molecule has 1 aliphatic heterocycles. The van der Waals surface area contributed by atoms with Gasteiger partial charge in [-0.25, -0.2) is 4.98 Å². The SMILES string of the molecule is Cn1ccnc1SC[C@@H]1C[C@H](c2ccc(CO)cc2)O[C@H](c2ccc(-c3ccccc3CNC(=O)CCCCC(=O)O)cc2)O1. The number of carboxylic acids is 1. The molecule has 3 N–H and O–H groups in total. The van der Waals surface area contributed by atoms with Gasteiger partial charge in [-0.1, -0.05) is 84.6 Å². The van der Waals surface area contributed by atoms with Crippen molar-refractivity contribution in [2.75, 3.05) is 5.75 Å². The van der Waals surface area contributed by atoms with Crippen LogP contribution in [0, 0.1) is 0 Å². The number of aliphatic hydroxyl groups is 1. The molecule has 2 heterocycles.